The van der Waals surface area contributed by atoms with Gasteiger partial charge in [-0.15, -0.1) is 0 Å². The molecule has 1 aliphatic rings. The molecule has 3 rings (SSSR count). The van der Waals surface area contributed by atoms with E-state index in [9.17, 15) is 13.0 Å². The van der Waals surface area contributed by atoms with Gasteiger partial charge in [-0.1, -0.05) is 30.3 Å². The number of rotatable bonds is 1. The Hall–Kier alpha value is -1.85. The van der Waals surface area contributed by atoms with Crippen molar-refractivity contribution in [2.24, 2.45) is 0 Å². The first-order chi connectivity index (χ1) is 8.57. The van der Waals surface area contributed by atoms with Gasteiger partial charge in [0.05, 0.1) is 0 Å². The molecule has 0 aromatic heterocycles. The highest BCUT2D eigenvalue weighted by Gasteiger charge is 2.20. The minimum Gasteiger partial charge on any atom is -0.488 e. The van der Waals surface area contributed by atoms with Crippen LogP contribution in [-0.2, 0) is 10.1 Å². The predicted octanol–water partition coefficient (Wildman–Crippen LogP) is 2.49. The highest BCUT2D eigenvalue weighted by molar-refractivity contribution is 7.86. The van der Waals surface area contributed by atoms with Crippen LogP contribution in [0.1, 0.15) is 5.56 Å². The van der Waals surface area contributed by atoms with Crippen LogP contribution >= 0.6 is 0 Å². The van der Waals surface area contributed by atoms with Crippen LogP contribution in [0.15, 0.2) is 41.3 Å². The van der Waals surface area contributed by atoms with Crippen LogP contribution < -0.4 is 4.74 Å². The molecule has 0 amide bonds. The first-order valence-corrected chi connectivity index (χ1v) is 6.84. The smallest absolute Gasteiger partial charge is 0.295 e. The summed E-state index contributed by atoms with van der Waals surface area (Å²) in [6.45, 7) is 0.461. The fourth-order valence-electron chi connectivity index (χ4n) is 2.14. The van der Waals surface area contributed by atoms with Crippen LogP contribution in [0.5, 0.6) is 5.75 Å². The topological polar surface area (TPSA) is 63.6 Å². The summed E-state index contributed by atoms with van der Waals surface area (Å²) in [6.07, 6.45) is 3.59. The molecule has 0 atom stereocenters. The van der Waals surface area contributed by atoms with E-state index in [-0.39, 0.29) is 4.90 Å². The zero-order valence-electron chi connectivity index (χ0n) is 9.33. The Kier molecular flexibility index (Phi) is 2.39. The van der Waals surface area contributed by atoms with Crippen LogP contribution in [0.2, 0.25) is 0 Å². The van der Waals surface area contributed by atoms with E-state index in [4.69, 9.17) is 4.74 Å². The summed E-state index contributed by atoms with van der Waals surface area (Å²) in [5.74, 6) is 0.653. The third-order valence-electron chi connectivity index (χ3n) is 2.89. The fraction of sp³-hybridized carbons (Fsp3) is 0.0769. The maximum Gasteiger partial charge on any atom is 0.295 e. The summed E-state index contributed by atoms with van der Waals surface area (Å²) < 4.78 is 37.7. The van der Waals surface area contributed by atoms with Crippen LogP contribution in [0.3, 0.4) is 0 Å². The molecular weight excluding hydrogens is 252 g/mol. The molecule has 0 aliphatic carbocycles. The number of ether oxygens (including phenoxy) is 1. The molecule has 0 saturated carbocycles. The molecule has 1 aliphatic heterocycles. The van der Waals surface area contributed by atoms with Crippen molar-refractivity contribution in [2.45, 2.75) is 4.90 Å². The van der Waals surface area contributed by atoms with Crippen molar-refractivity contribution in [3.63, 3.8) is 0 Å². The maximum absolute atomic E-state index is 11.4. The third-order valence-corrected chi connectivity index (χ3v) is 3.78. The van der Waals surface area contributed by atoms with Crippen molar-refractivity contribution in [1.29, 1.82) is 0 Å². The molecule has 0 saturated heterocycles. The molecule has 0 bridgehead atoms. The van der Waals surface area contributed by atoms with Gasteiger partial charge in [0.1, 0.15) is 17.3 Å². The van der Waals surface area contributed by atoms with Crippen molar-refractivity contribution in [3.05, 3.63) is 42.0 Å². The Morgan fingerprint density at radius 2 is 1.89 bits per heavy atom. The molecule has 2 aromatic rings. The van der Waals surface area contributed by atoms with Crippen molar-refractivity contribution >= 4 is 27.0 Å². The monoisotopic (exact) mass is 262 g/mol. The summed E-state index contributed by atoms with van der Waals surface area (Å²) in [5.41, 5.74) is 0.660. The first-order valence-electron chi connectivity index (χ1n) is 5.40. The predicted molar refractivity (Wildman–Crippen MR) is 68.3 cm³/mol. The second-order valence-electron chi connectivity index (χ2n) is 4.03. The molecule has 1 heterocycles. The molecule has 5 heteroatoms. The quantitative estimate of drug-likeness (QED) is 0.802. The molecule has 0 spiro atoms. The molecule has 92 valence electrons. The van der Waals surface area contributed by atoms with Gasteiger partial charge in [-0.3, -0.25) is 4.55 Å². The largest absolute Gasteiger partial charge is 0.488 e. The van der Waals surface area contributed by atoms with E-state index in [1.165, 1.54) is 6.07 Å². The Morgan fingerprint density at radius 3 is 2.61 bits per heavy atom. The van der Waals surface area contributed by atoms with E-state index in [0.29, 0.717) is 28.7 Å². The molecule has 0 unspecified atom stereocenters. The van der Waals surface area contributed by atoms with Gasteiger partial charge in [0, 0.05) is 16.3 Å². The molecule has 18 heavy (non-hydrogen) atoms. The Morgan fingerprint density at radius 1 is 1.17 bits per heavy atom. The molecule has 0 radical (unpaired) electrons. The first kappa shape index (κ1) is 11.3. The van der Waals surface area contributed by atoms with Gasteiger partial charge >= 0.3 is 0 Å². The van der Waals surface area contributed by atoms with Crippen molar-refractivity contribution in [1.82, 2.24) is 0 Å². The number of benzene rings is 2. The zero-order chi connectivity index (χ0) is 12.8. The van der Waals surface area contributed by atoms with Gasteiger partial charge in [-0.25, -0.2) is 0 Å². The lowest BCUT2D eigenvalue weighted by Crippen LogP contribution is -2.05. The third kappa shape index (κ3) is 1.68. The van der Waals surface area contributed by atoms with Crippen LogP contribution in [0.25, 0.3) is 16.8 Å². The van der Waals surface area contributed by atoms with Gasteiger partial charge in [0.15, 0.2) is 0 Å². The summed E-state index contributed by atoms with van der Waals surface area (Å²) in [7, 11) is -4.25. The Balaban J connectivity index is 2.50. The molecular formula is C13H10O4S. The molecule has 0 fully saturated rings. The minimum atomic E-state index is -4.25. The van der Waals surface area contributed by atoms with Crippen molar-refractivity contribution in [2.75, 3.05) is 6.61 Å². The van der Waals surface area contributed by atoms with E-state index in [1.54, 1.807) is 36.4 Å². The van der Waals surface area contributed by atoms with E-state index in [0.717, 1.165) is 0 Å². The van der Waals surface area contributed by atoms with Gasteiger partial charge in [0.25, 0.3) is 10.1 Å². The Labute approximate surface area is 104 Å². The highest BCUT2D eigenvalue weighted by Crippen LogP contribution is 2.36. The average molecular weight is 262 g/mol. The lowest BCUT2D eigenvalue weighted by molar-refractivity contribution is 0.363. The molecule has 2 aromatic carbocycles. The van der Waals surface area contributed by atoms with Gasteiger partial charge < -0.3 is 4.74 Å². The molecule has 1 N–H and O–H groups in total. The number of hydrogen-bond acceptors (Lipinski definition) is 3. The molecule has 4 nitrogen and oxygen atoms in total. The number of hydrogen-bond donors (Lipinski definition) is 1. The second kappa shape index (κ2) is 3.83. The fourth-order valence-corrected chi connectivity index (χ4v) is 2.87. The lowest BCUT2D eigenvalue weighted by atomic mass is 10.0. The van der Waals surface area contributed by atoms with Crippen molar-refractivity contribution in [3.8, 4) is 5.75 Å². The lowest BCUT2D eigenvalue weighted by Gasteiger charge is -2.16. The Bertz CT molecular complexity index is 760. The SMILES string of the molecule is O=S(=O)(O)c1cc2c(c3ccccc13)OCC=C2. The number of fused-ring (bicyclic) bond motifs is 3. The van der Waals surface area contributed by atoms with Crippen LogP contribution in [0, 0.1) is 0 Å². The summed E-state index contributed by atoms with van der Waals surface area (Å²) in [5, 5.41) is 1.15. The van der Waals surface area contributed by atoms with E-state index in [2.05, 4.69) is 0 Å². The second-order valence-corrected chi connectivity index (χ2v) is 5.42. The van der Waals surface area contributed by atoms with Gasteiger partial charge in [-0.2, -0.15) is 8.42 Å². The maximum atomic E-state index is 11.4. The van der Waals surface area contributed by atoms with E-state index < -0.39 is 10.1 Å². The van der Waals surface area contributed by atoms with E-state index in [1.807, 2.05) is 0 Å². The average Bonchev–Trinajstić information content (AvgIpc) is 2.37. The highest BCUT2D eigenvalue weighted by atomic mass is 32.2. The standard InChI is InChI=1S/C13H10O4S/c14-18(15,16)12-8-9-4-3-7-17-13(9)11-6-2-1-5-10(11)12/h1-6,8H,7H2,(H,14,15,16). The summed E-state index contributed by atoms with van der Waals surface area (Å²) in [6, 6.07) is 8.39. The van der Waals surface area contributed by atoms with Crippen LogP contribution in [0.4, 0.5) is 0 Å². The summed E-state index contributed by atoms with van der Waals surface area (Å²) in [4.78, 5) is -0.0907. The normalized spacial score (nSPS) is 14.3. The minimum absolute atomic E-state index is 0.0907. The van der Waals surface area contributed by atoms with Crippen molar-refractivity contribution < 1.29 is 17.7 Å². The van der Waals surface area contributed by atoms with E-state index >= 15 is 0 Å². The van der Waals surface area contributed by atoms with Gasteiger partial charge in [0.2, 0.25) is 0 Å². The van der Waals surface area contributed by atoms with Crippen LogP contribution in [-0.4, -0.2) is 19.6 Å². The summed E-state index contributed by atoms with van der Waals surface area (Å²) >= 11 is 0. The van der Waals surface area contributed by atoms with Gasteiger partial charge in [-0.05, 0) is 12.1 Å². The zero-order valence-corrected chi connectivity index (χ0v) is 10.1.